The van der Waals surface area contributed by atoms with Crippen LogP contribution < -0.4 is 0 Å². The molecule has 0 aromatic carbocycles. The van der Waals surface area contributed by atoms with Gasteiger partial charge in [-0.2, -0.15) is 0 Å². The molecule has 2 fully saturated rings. The van der Waals surface area contributed by atoms with Crippen molar-refractivity contribution in [2.45, 2.75) is 52.2 Å². The van der Waals surface area contributed by atoms with Crippen molar-refractivity contribution >= 4 is 0 Å². The predicted octanol–water partition coefficient (Wildman–Crippen LogP) is 2.97. The second-order valence-corrected chi connectivity index (χ2v) is 5.67. The molecular formula is C12H22O2. The fraction of sp³-hybridized carbons (Fsp3) is 1.00. The third-order valence-electron chi connectivity index (χ3n) is 3.56. The predicted molar refractivity (Wildman–Crippen MR) is 56.0 cm³/mol. The summed E-state index contributed by atoms with van der Waals surface area (Å²) in [5.41, 5.74) is 0.204. The van der Waals surface area contributed by atoms with Gasteiger partial charge in [0.05, 0.1) is 13.2 Å². The minimum Gasteiger partial charge on any atom is -0.349 e. The minimum atomic E-state index is -0.198. The van der Waals surface area contributed by atoms with E-state index in [0.29, 0.717) is 0 Å². The number of hydrogen-bond acceptors (Lipinski definition) is 2. The first-order chi connectivity index (χ1) is 6.55. The van der Waals surface area contributed by atoms with Crippen LogP contribution in [0, 0.1) is 11.3 Å². The van der Waals surface area contributed by atoms with Gasteiger partial charge in [-0.05, 0) is 12.3 Å². The van der Waals surface area contributed by atoms with Crippen LogP contribution in [0.25, 0.3) is 0 Å². The zero-order valence-electron chi connectivity index (χ0n) is 9.64. The van der Waals surface area contributed by atoms with Gasteiger partial charge in [-0.25, -0.2) is 0 Å². The first-order valence-corrected chi connectivity index (χ1v) is 5.83. The second kappa shape index (κ2) is 3.49. The van der Waals surface area contributed by atoms with Crippen LogP contribution in [0.4, 0.5) is 0 Å². The average Bonchev–Trinajstić information content (AvgIpc) is 2.56. The van der Waals surface area contributed by atoms with Crippen LogP contribution in [0.3, 0.4) is 0 Å². The van der Waals surface area contributed by atoms with Gasteiger partial charge in [0.15, 0.2) is 5.79 Å². The quantitative estimate of drug-likeness (QED) is 0.645. The summed E-state index contributed by atoms with van der Waals surface area (Å²) in [4.78, 5) is 0. The fourth-order valence-electron chi connectivity index (χ4n) is 2.42. The summed E-state index contributed by atoms with van der Waals surface area (Å²) in [5.74, 6) is 0.618. The summed E-state index contributed by atoms with van der Waals surface area (Å²) in [6, 6.07) is 0. The highest BCUT2D eigenvalue weighted by molar-refractivity contribution is 4.87. The minimum absolute atomic E-state index is 0.198. The molecule has 2 heteroatoms. The largest absolute Gasteiger partial charge is 0.349 e. The van der Waals surface area contributed by atoms with Gasteiger partial charge >= 0.3 is 0 Å². The van der Waals surface area contributed by atoms with Gasteiger partial charge < -0.3 is 9.47 Å². The third-order valence-corrected chi connectivity index (χ3v) is 3.56. The molecule has 0 radical (unpaired) electrons. The Morgan fingerprint density at radius 3 is 2.36 bits per heavy atom. The summed E-state index contributed by atoms with van der Waals surface area (Å²) >= 11 is 0. The van der Waals surface area contributed by atoms with Crippen molar-refractivity contribution < 1.29 is 9.47 Å². The molecule has 1 aliphatic carbocycles. The van der Waals surface area contributed by atoms with E-state index >= 15 is 0 Å². The molecule has 82 valence electrons. The zero-order chi connectivity index (χ0) is 10.2. The van der Waals surface area contributed by atoms with E-state index in [1.807, 2.05) is 0 Å². The van der Waals surface area contributed by atoms with Gasteiger partial charge in [-0.3, -0.25) is 0 Å². The van der Waals surface area contributed by atoms with Crippen LogP contribution in [-0.4, -0.2) is 19.0 Å². The van der Waals surface area contributed by atoms with Gasteiger partial charge in [0.2, 0.25) is 0 Å². The highest BCUT2D eigenvalue weighted by Crippen LogP contribution is 2.43. The number of rotatable bonds is 1. The fourth-order valence-corrected chi connectivity index (χ4v) is 2.42. The van der Waals surface area contributed by atoms with Gasteiger partial charge in [-0.1, -0.05) is 27.2 Å². The summed E-state index contributed by atoms with van der Waals surface area (Å²) in [6.07, 6.45) is 4.75. The molecule has 2 nitrogen and oxygen atoms in total. The van der Waals surface area contributed by atoms with Crippen LogP contribution in [0.15, 0.2) is 0 Å². The molecule has 1 unspecified atom stereocenters. The van der Waals surface area contributed by atoms with Gasteiger partial charge in [0.1, 0.15) is 0 Å². The average molecular weight is 198 g/mol. The molecule has 0 N–H and O–H groups in total. The summed E-state index contributed by atoms with van der Waals surface area (Å²) in [5, 5.41) is 0. The Labute approximate surface area is 87.0 Å². The SMILES string of the molecule is CCC1CCC2(C1)OCC(C)(C)CO2. The summed E-state index contributed by atoms with van der Waals surface area (Å²) in [7, 11) is 0. The topological polar surface area (TPSA) is 18.5 Å². The lowest BCUT2D eigenvalue weighted by molar-refractivity contribution is -0.296. The van der Waals surface area contributed by atoms with Crippen molar-refractivity contribution in [3.05, 3.63) is 0 Å². The maximum Gasteiger partial charge on any atom is 0.168 e. The molecule has 1 atom stereocenters. The first-order valence-electron chi connectivity index (χ1n) is 5.83. The first kappa shape index (κ1) is 10.4. The van der Waals surface area contributed by atoms with Crippen molar-refractivity contribution in [3.63, 3.8) is 0 Å². The molecule has 1 aliphatic heterocycles. The second-order valence-electron chi connectivity index (χ2n) is 5.67. The van der Waals surface area contributed by atoms with Crippen LogP contribution in [-0.2, 0) is 9.47 Å². The molecule has 2 rings (SSSR count). The Bertz CT molecular complexity index is 200. The van der Waals surface area contributed by atoms with Crippen LogP contribution in [0.5, 0.6) is 0 Å². The maximum atomic E-state index is 5.95. The van der Waals surface area contributed by atoms with E-state index in [9.17, 15) is 0 Å². The molecule has 0 aromatic heterocycles. The Kier molecular flexibility index (Phi) is 2.61. The Morgan fingerprint density at radius 2 is 1.86 bits per heavy atom. The van der Waals surface area contributed by atoms with Crippen molar-refractivity contribution in [2.75, 3.05) is 13.2 Å². The van der Waals surface area contributed by atoms with Gasteiger partial charge in [0, 0.05) is 18.3 Å². The van der Waals surface area contributed by atoms with E-state index < -0.39 is 0 Å². The Morgan fingerprint density at radius 1 is 1.21 bits per heavy atom. The van der Waals surface area contributed by atoms with Crippen molar-refractivity contribution in [1.29, 1.82) is 0 Å². The van der Waals surface area contributed by atoms with Crippen molar-refractivity contribution in [2.24, 2.45) is 11.3 Å². The zero-order valence-corrected chi connectivity index (χ0v) is 9.64. The lowest BCUT2D eigenvalue weighted by atomic mass is 9.94. The van der Waals surface area contributed by atoms with Crippen LogP contribution >= 0.6 is 0 Å². The third kappa shape index (κ3) is 1.96. The van der Waals surface area contributed by atoms with E-state index in [0.717, 1.165) is 32.0 Å². The maximum absolute atomic E-state index is 5.95. The van der Waals surface area contributed by atoms with E-state index in [1.165, 1.54) is 12.8 Å². The van der Waals surface area contributed by atoms with E-state index in [4.69, 9.17) is 9.47 Å². The monoisotopic (exact) mass is 198 g/mol. The molecule has 1 heterocycles. The van der Waals surface area contributed by atoms with E-state index in [1.54, 1.807) is 0 Å². The summed E-state index contributed by atoms with van der Waals surface area (Å²) in [6.45, 7) is 8.36. The number of hydrogen-bond donors (Lipinski definition) is 0. The smallest absolute Gasteiger partial charge is 0.168 e. The lowest BCUT2D eigenvalue weighted by Crippen LogP contribution is -2.46. The van der Waals surface area contributed by atoms with Crippen LogP contribution in [0.1, 0.15) is 46.5 Å². The molecule has 2 aliphatic rings. The molecule has 14 heavy (non-hydrogen) atoms. The lowest BCUT2D eigenvalue weighted by Gasteiger charge is -2.41. The Hall–Kier alpha value is -0.0800. The molecule has 1 saturated carbocycles. The van der Waals surface area contributed by atoms with E-state index in [-0.39, 0.29) is 11.2 Å². The highest BCUT2D eigenvalue weighted by Gasteiger charge is 2.45. The summed E-state index contributed by atoms with van der Waals surface area (Å²) < 4.78 is 11.9. The molecule has 0 bridgehead atoms. The van der Waals surface area contributed by atoms with Crippen LogP contribution in [0.2, 0.25) is 0 Å². The van der Waals surface area contributed by atoms with Gasteiger partial charge in [-0.15, -0.1) is 0 Å². The Balaban J connectivity index is 1.94. The molecule has 0 amide bonds. The van der Waals surface area contributed by atoms with Crippen molar-refractivity contribution in [1.82, 2.24) is 0 Å². The molecular weight excluding hydrogens is 176 g/mol. The number of ether oxygens (including phenoxy) is 2. The normalized spacial score (nSPS) is 34.9. The molecule has 1 spiro atoms. The van der Waals surface area contributed by atoms with Gasteiger partial charge in [0.25, 0.3) is 0 Å². The molecule has 1 saturated heterocycles. The molecule has 0 aromatic rings. The standard InChI is InChI=1S/C12H22O2/c1-4-10-5-6-12(7-10)13-8-11(2,3)9-14-12/h10H,4-9H2,1-3H3. The van der Waals surface area contributed by atoms with Crippen molar-refractivity contribution in [3.8, 4) is 0 Å². The van der Waals surface area contributed by atoms with E-state index in [2.05, 4.69) is 20.8 Å². The highest BCUT2D eigenvalue weighted by atomic mass is 16.7.